The van der Waals surface area contributed by atoms with Crippen molar-refractivity contribution in [2.45, 2.75) is 13.3 Å². The van der Waals surface area contributed by atoms with Crippen LogP contribution in [0.4, 0.5) is 11.4 Å². The second-order valence-electron chi connectivity index (χ2n) is 4.00. The van der Waals surface area contributed by atoms with Crippen LogP contribution >= 0.6 is 11.8 Å². The SMILES string of the molecule is COC(=O)CSCCC(=O)Nc1ccc(N)cc1C. The number of carbonyl (C=O) groups excluding carboxylic acids is 2. The van der Waals surface area contributed by atoms with Crippen molar-refractivity contribution >= 4 is 35.0 Å². The molecule has 0 unspecified atom stereocenters. The van der Waals surface area contributed by atoms with Crippen LogP contribution in [0.25, 0.3) is 0 Å². The van der Waals surface area contributed by atoms with Crippen LogP contribution in [0.15, 0.2) is 18.2 Å². The van der Waals surface area contributed by atoms with E-state index in [9.17, 15) is 9.59 Å². The van der Waals surface area contributed by atoms with Gasteiger partial charge in [-0.05, 0) is 30.7 Å². The van der Waals surface area contributed by atoms with Gasteiger partial charge < -0.3 is 15.8 Å². The highest BCUT2D eigenvalue weighted by Gasteiger charge is 2.06. The molecule has 1 aromatic rings. The summed E-state index contributed by atoms with van der Waals surface area (Å²) in [5.74, 6) is 0.490. The standard InChI is InChI=1S/C13H18N2O3S/c1-9-7-10(14)3-4-11(9)15-12(16)5-6-19-8-13(17)18-2/h3-4,7H,5-6,8,14H2,1-2H3,(H,15,16). The maximum atomic E-state index is 11.7. The number of nitrogens with one attached hydrogen (secondary N) is 1. The fourth-order valence-corrected chi connectivity index (χ4v) is 2.18. The minimum Gasteiger partial charge on any atom is -0.468 e. The van der Waals surface area contributed by atoms with Crippen molar-refractivity contribution < 1.29 is 14.3 Å². The van der Waals surface area contributed by atoms with E-state index in [4.69, 9.17) is 5.73 Å². The van der Waals surface area contributed by atoms with E-state index in [0.29, 0.717) is 17.9 Å². The third kappa shape index (κ3) is 5.65. The molecule has 0 spiro atoms. The lowest BCUT2D eigenvalue weighted by Gasteiger charge is -2.08. The third-order valence-electron chi connectivity index (χ3n) is 2.45. The highest BCUT2D eigenvalue weighted by molar-refractivity contribution is 7.99. The van der Waals surface area contributed by atoms with Crippen LogP contribution < -0.4 is 11.1 Å². The molecule has 1 amide bonds. The topological polar surface area (TPSA) is 81.4 Å². The van der Waals surface area contributed by atoms with Gasteiger partial charge in [0.05, 0.1) is 12.9 Å². The molecule has 0 radical (unpaired) electrons. The summed E-state index contributed by atoms with van der Waals surface area (Å²) in [6.45, 7) is 1.89. The lowest BCUT2D eigenvalue weighted by Crippen LogP contribution is -2.14. The zero-order valence-electron chi connectivity index (χ0n) is 11.1. The molecule has 0 saturated carbocycles. The Labute approximate surface area is 116 Å². The minimum absolute atomic E-state index is 0.0785. The van der Waals surface area contributed by atoms with Crippen LogP contribution in [0.2, 0.25) is 0 Å². The molecule has 0 aliphatic heterocycles. The number of anilines is 2. The number of carbonyl (C=O) groups is 2. The predicted molar refractivity (Wildman–Crippen MR) is 78.2 cm³/mol. The van der Waals surface area contributed by atoms with Crippen LogP contribution in [0.5, 0.6) is 0 Å². The first-order valence-electron chi connectivity index (χ1n) is 5.83. The number of nitrogen functional groups attached to an aromatic ring is 1. The Kier molecular flexibility index (Phi) is 6.21. The van der Waals surface area contributed by atoms with E-state index in [2.05, 4.69) is 10.1 Å². The average molecular weight is 282 g/mol. The van der Waals surface area contributed by atoms with Crippen LogP contribution in [-0.4, -0.2) is 30.5 Å². The van der Waals surface area contributed by atoms with Gasteiger partial charge in [0, 0.05) is 23.5 Å². The molecule has 1 rings (SSSR count). The summed E-state index contributed by atoms with van der Waals surface area (Å²) >= 11 is 1.38. The third-order valence-corrected chi connectivity index (χ3v) is 3.38. The monoisotopic (exact) mass is 282 g/mol. The van der Waals surface area contributed by atoms with Crippen molar-refractivity contribution in [3.05, 3.63) is 23.8 Å². The molecule has 6 heteroatoms. The molecule has 0 saturated heterocycles. The quantitative estimate of drug-likeness (QED) is 0.472. The molecule has 0 bridgehead atoms. The average Bonchev–Trinajstić information content (AvgIpc) is 2.37. The number of ether oxygens (including phenoxy) is 1. The molecule has 0 aromatic heterocycles. The number of hydrogen-bond acceptors (Lipinski definition) is 5. The van der Waals surface area contributed by atoms with Crippen LogP contribution in [0, 0.1) is 6.92 Å². The lowest BCUT2D eigenvalue weighted by atomic mass is 10.2. The Balaban J connectivity index is 2.33. The molecule has 19 heavy (non-hydrogen) atoms. The fourth-order valence-electron chi connectivity index (χ4n) is 1.42. The van der Waals surface area contributed by atoms with Gasteiger partial charge in [0.25, 0.3) is 0 Å². The maximum absolute atomic E-state index is 11.7. The Bertz CT molecular complexity index is 463. The first-order chi connectivity index (χ1) is 9.02. The molecule has 0 atom stereocenters. The van der Waals surface area contributed by atoms with Crippen LogP contribution in [0.3, 0.4) is 0 Å². The van der Waals surface area contributed by atoms with Gasteiger partial charge in [-0.3, -0.25) is 9.59 Å². The summed E-state index contributed by atoms with van der Waals surface area (Å²) in [4.78, 5) is 22.6. The number of nitrogens with two attached hydrogens (primary N) is 1. The number of esters is 1. The summed E-state index contributed by atoms with van der Waals surface area (Å²) in [5, 5.41) is 2.82. The highest BCUT2D eigenvalue weighted by atomic mass is 32.2. The number of hydrogen-bond donors (Lipinski definition) is 2. The number of methoxy groups -OCH3 is 1. The van der Waals surface area contributed by atoms with Gasteiger partial charge in [-0.1, -0.05) is 0 Å². The number of thioether (sulfide) groups is 1. The predicted octanol–water partition coefficient (Wildman–Crippen LogP) is 1.81. The minimum atomic E-state index is -0.278. The number of aryl methyl sites for hydroxylation is 1. The molecule has 1 aromatic carbocycles. The number of benzene rings is 1. The Hall–Kier alpha value is -1.69. The summed E-state index contributed by atoms with van der Waals surface area (Å²) in [6.07, 6.45) is 0.353. The Morgan fingerprint density at radius 3 is 2.79 bits per heavy atom. The van der Waals surface area contributed by atoms with Crippen molar-refractivity contribution in [1.82, 2.24) is 0 Å². The first kappa shape index (κ1) is 15.4. The van der Waals surface area contributed by atoms with E-state index >= 15 is 0 Å². The zero-order valence-corrected chi connectivity index (χ0v) is 11.9. The van der Waals surface area contributed by atoms with E-state index < -0.39 is 0 Å². The summed E-state index contributed by atoms with van der Waals surface area (Å²) in [5.41, 5.74) is 8.00. The smallest absolute Gasteiger partial charge is 0.315 e. The molecule has 0 aliphatic carbocycles. The van der Waals surface area contributed by atoms with Crippen molar-refractivity contribution in [2.75, 3.05) is 29.7 Å². The van der Waals surface area contributed by atoms with Crippen molar-refractivity contribution in [2.24, 2.45) is 0 Å². The van der Waals surface area contributed by atoms with Crippen molar-refractivity contribution in [3.8, 4) is 0 Å². The normalized spacial score (nSPS) is 10.0. The second kappa shape index (κ2) is 7.68. The van der Waals surface area contributed by atoms with Crippen molar-refractivity contribution in [1.29, 1.82) is 0 Å². The number of amides is 1. The largest absolute Gasteiger partial charge is 0.468 e. The van der Waals surface area contributed by atoms with Gasteiger partial charge in [-0.25, -0.2) is 0 Å². The molecular formula is C13H18N2O3S. The van der Waals surface area contributed by atoms with E-state index in [1.807, 2.05) is 13.0 Å². The van der Waals surface area contributed by atoms with E-state index in [-0.39, 0.29) is 17.6 Å². The Morgan fingerprint density at radius 1 is 1.42 bits per heavy atom. The number of rotatable bonds is 6. The lowest BCUT2D eigenvalue weighted by molar-refractivity contribution is -0.137. The second-order valence-corrected chi connectivity index (χ2v) is 5.11. The zero-order chi connectivity index (χ0) is 14.3. The fraction of sp³-hybridized carbons (Fsp3) is 0.385. The molecule has 0 aliphatic rings. The first-order valence-corrected chi connectivity index (χ1v) is 6.99. The van der Waals surface area contributed by atoms with Gasteiger partial charge >= 0.3 is 5.97 Å². The summed E-state index contributed by atoms with van der Waals surface area (Å²) < 4.78 is 4.51. The molecule has 0 heterocycles. The highest BCUT2D eigenvalue weighted by Crippen LogP contribution is 2.18. The van der Waals surface area contributed by atoms with Gasteiger partial charge in [-0.15, -0.1) is 11.8 Å². The van der Waals surface area contributed by atoms with Gasteiger partial charge in [0.2, 0.25) is 5.91 Å². The summed E-state index contributed by atoms with van der Waals surface area (Å²) in [7, 11) is 1.35. The van der Waals surface area contributed by atoms with Gasteiger partial charge in [0.1, 0.15) is 0 Å². The van der Waals surface area contributed by atoms with E-state index in [1.165, 1.54) is 18.9 Å². The molecule has 5 nitrogen and oxygen atoms in total. The molecule has 104 valence electrons. The van der Waals surface area contributed by atoms with Gasteiger partial charge in [0.15, 0.2) is 0 Å². The van der Waals surface area contributed by atoms with Gasteiger partial charge in [-0.2, -0.15) is 0 Å². The van der Waals surface area contributed by atoms with E-state index in [1.54, 1.807) is 12.1 Å². The van der Waals surface area contributed by atoms with Crippen LogP contribution in [0.1, 0.15) is 12.0 Å². The maximum Gasteiger partial charge on any atom is 0.315 e. The molecule has 3 N–H and O–H groups in total. The van der Waals surface area contributed by atoms with Crippen molar-refractivity contribution in [3.63, 3.8) is 0 Å². The van der Waals surface area contributed by atoms with Crippen LogP contribution in [-0.2, 0) is 14.3 Å². The Morgan fingerprint density at radius 2 is 2.16 bits per heavy atom. The molecule has 0 fully saturated rings. The van der Waals surface area contributed by atoms with E-state index in [0.717, 1.165) is 11.3 Å². The summed E-state index contributed by atoms with van der Waals surface area (Å²) in [6, 6.07) is 5.33. The molecular weight excluding hydrogens is 264 g/mol.